The average molecular weight is 288 g/mol. The fraction of sp³-hybridized carbons (Fsp3) is 0.455. The van der Waals surface area contributed by atoms with Gasteiger partial charge in [-0.05, 0) is 18.6 Å². The van der Waals surface area contributed by atoms with Crippen LogP contribution in [0.5, 0.6) is 0 Å². The van der Waals surface area contributed by atoms with Crippen molar-refractivity contribution < 1.29 is 8.42 Å². The number of thiocarbonyl (C=S) groups is 1. The van der Waals surface area contributed by atoms with E-state index >= 15 is 0 Å². The molecule has 1 rings (SSSR count). The van der Waals surface area contributed by atoms with Crippen LogP contribution in [0, 0.1) is 0 Å². The summed E-state index contributed by atoms with van der Waals surface area (Å²) in [5.41, 5.74) is 5.43. The highest BCUT2D eigenvalue weighted by Gasteiger charge is 2.09. The maximum atomic E-state index is 11.9. The summed E-state index contributed by atoms with van der Waals surface area (Å²) in [4.78, 5) is 11.9. The lowest BCUT2D eigenvalue weighted by molar-refractivity contribution is 0.585. The molecule has 0 saturated heterocycles. The molecule has 100 valence electrons. The van der Waals surface area contributed by atoms with Gasteiger partial charge in [0.25, 0.3) is 5.56 Å². The second-order valence-electron chi connectivity index (χ2n) is 3.87. The van der Waals surface area contributed by atoms with Crippen molar-refractivity contribution in [3.05, 3.63) is 34.2 Å². The van der Waals surface area contributed by atoms with Gasteiger partial charge in [0.2, 0.25) is 0 Å². The molecule has 1 aromatic rings. The molecule has 0 unspecified atom stereocenters. The Morgan fingerprint density at radius 2 is 2.17 bits per heavy atom. The van der Waals surface area contributed by atoms with Gasteiger partial charge in [-0.3, -0.25) is 4.79 Å². The van der Waals surface area contributed by atoms with Crippen LogP contribution in [0.2, 0.25) is 0 Å². The fourth-order valence-electron chi connectivity index (χ4n) is 1.50. The van der Waals surface area contributed by atoms with E-state index in [0.29, 0.717) is 13.0 Å². The first-order valence-corrected chi connectivity index (χ1v) is 7.80. The molecule has 0 atom stereocenters. The Morgan fingerprint density at radius 1 is 1.50 bits per heavy atom. The molecule has 0 aromatic carbocycles. The first-order valence-electron chi connectivity index (χ1n) is 5.57. The summed E-state index contributed by atoms with van der Waals surface area (Å²) in [6.07, 6.45) is 2.00. The fourth-order valence-corrected chi connectivity index (χ4v) is 2.51. The van der Waals surface area contributed by atoms with E-state index in [0.717, 1.165) is 0 Å². The van der Waals surface area contributed by atoms with Crippen LogP contribution in [-0.4, -0.2) is 29.5 Å². The van der Waals surface area contributed by atoms with E-state index in [1.54, 1.807) is 25.3 Å². The summed E-state index contributed by atoms with van der Waals surface area (Å²) in [5, 5.41) is 0. The van der Waals surface area contributed by atoms with Crippen LogP contribution in [-0.2, 0) is 16.4 Å². The average Bonchev–Trinajstić information content (AvgIpc) is 2.31. The van der Waals surface area contributed by atoms with Gasteiger partial charge < -0.3 is 10.3 Å². The molecule has 5 nitrogen and oxygen atoms in total. The van der Waals surface area contributed by atoms with E-state index < -0.39 is 9.84 Å². The molecule has 7 heteroatoms. The molecule has 0 aliphatic rings. The van der Waals surface area contributed by atoms with E-state index in [2.05, 4.69) is 0 Å². The third-order valence-electron chi connectivity index (χ3n) is 2.58. The van der Waals surface area contributed by atoms with Gasteiger partial charge in [-0.15, -0.1) is 0 Å². The Bertz CT molecular complexity index is 591. The molecule has 0 amide bonds. The van der Waals surface area contributed by atoms with E-state index in [-0.39, 0.29) is 27.6 Å². The lowest BCUT2D eigenvalue weighted by atomic mass is 10.2. The number of hydrogen-bond donors (Lipinski definition) is 1. The third kappa shape index (κ3) is 3.92. The molecule has 18 heavy (non-hydrogen) atoms. The summed E-state index contributed by atoms with van der Waals surface area (Å²) < 4.78 is 24.1. The number of aryl methyl sites for hydroxylation is 1. The van der Waals surface area contributed by atoms with E-state index in [9.17, 15) is 13.2 Å². The molecule has 0 fully saturated rings. The number of aromatic nitrogens is 1. The number of rotatable bonds is 6. The van der Waals surface area contributed by atoms with Gasteiger partial charge in [0.15, 0.2) is 0 Å². The zero-order chi connectivity index (χ0) is 13.8. The molecule has 0 bridgehead atoms. The second kappa shape index (κ2) is 6.10. The van der Waals surface area contributed by atoms with Crippen molar-refractivity contribution >= 4 is 27.0 Å². The van der Waals surface area contributed by atoms with E-state index in [4.69, 9.17) is 18.0 Å². The Morgan fingerprint density at radius 3 is 2.72 bits per heavy atom. The molecule has 0 spiro atoms. The van der Waals surface area contributed by atoms with Gasteiger partial charge in [0.05, 0.1) is 11.3 Å². The molecule has 0 saturated carbocycles. The molecular weight excluding hydrogens is 272 g/mol. The predicted molar refractivity (Wildman–Crippen MR) is 75.5 cm³/mol. The van der Waals surface area contributed by atoms with Crippen molar-refractivity contribution in [3.63, 3.8) is 0 Å². The lowest BCUT2D eigenvalue weighted by Crippen LogP contribution is -2.29. The van der Waals surface area contributed by atoms with Gasteiger partial charge in [-0.25, -0.2) is 8.42 Å². The zero-order valence-corrected chi connectivity index (χ0v) is 11.8. The quantitative estimate of drug-likeness (QED) is 0.762. The summed E-state index contributed by atoms with van der Waals surface area (Å²) in [5.74, 6) is 0.196. The molecule has 2 N–H and O–H groups in total. The van der Waals surface area contributed by atoms with E-state index in [1.807, 2.05) is 0 Å². The number of nitrogens with zero attached hydrogens (tertiary/aromatic N) is 1. The molecule has 0 radical (unpaired) electrons. The Hall–Kier alpha value is -1.21. The van der Waals surface area contributed by atoms with Crippen LogP contribution in [0.15, 0.2) is 23.1 Å². The number of sulfone groups is 1. The van der Waals surface area contributed by atoms with Crippen LogP contribution in [0.4, 0.5) is 0 Å². The van der Waals surface area contributed by atoms with Crippen LogP contribution in [0.1, 0.15) is 18.9 Å². The zero-order valence-electron chi connectivity index (χ0n) is 10.1. The van der Waals surface area contributed by atoms with Crippen molar-refractivity contribution in [1.82, 2.24) is 4.57 Å². The first kappa shape index (κ1) is 14.8. The SMILES string of the molecule is CCS(=O)(=O)CCCn1cccc(C(N)=S)c1=O. The van der Waals surface area contributed by atoms with Crippen molar-refractivity contribution in [3.8, 4) is 0 Å². The highest BCUT2D eigenvalue weighted by molar-refractivity contribution is 7.91. The van der Waals surface area contributed by atoms with Gasteiger partial charge in [-0.2, -0.15) is 0 Å². The smallest absolute Gasteiger partial charge is 0.260 e. The number of hydrogen-bond acceptors (Lipinski definition) is 4. The molecule has 1 heterocycles. The topological polar surface area (TPSA) is 82.2 Å². The minimum absolute atomic E-state index is 0.0514. The molecule has 1 aromatic heterocycles. The van der Waals surface area contributed by atoms with Crippen molar-refractivity contribution in [2.45, 2.75) is 19.9 Å². The first-order chi connectivity index (χ1) is 8.37. The van der Waals surface area contributed by atoms with Gasteiger partial charge in [0, 0.05) is 18.5 Å². The largest absolute Gasteiger partial charge is 0.389 e. The third-order valence-corrected chi connectivity index (χ3v) is 4.59. The van der Waals surface area contributed by atoms with Crippen LogP contribution in [0.3, 0.4) is 0 Å². The van der Waals surface area contributed by atoms with Gasteiger partial charge in [-0.1, -0.05) is 19.1 Å². The maximum absolute atomic E-state index is 11.9. The lowest BCUT2D eigenvalue weighted by Gasteiger charge is -2.07. The second-order valence-corrected chi connectivity index (χ2v) is 6.79. The van der Waals surface area contributed by atoms with Crippen molar-refractivity contribution in [2.24, 2.45) is 5.73 Å². The highest BCUT2D eigenvalue weighted by atomic mass is 32.2. The molecule has 0 aliphatic heterocycles. The Kier molecular flexibility index (Phi) is 5.03. The molecule has 0 aliphatic carbocycles. The Balaban J connectivity index is 2.78. The van der Waals surface area contributed by atoms with Gasteiger partial charge >= 0.3 is 0 Å². The predicted octanol–water partition coefficient (Wildman–Crippen LogP) is 0.307. The van der Waals surface area contributed by atoms with Crippen molar-refractivity contribution in [1.29, 1.82) is 0 Å². The maximum Gasteiger partial charge on any atom is 0.260 e. The highest BCUT2D eigenvalue weighted by Crippen LogP contribution is 1.97. The van der Waals surface area contributed by atoms with Gasteiger partial charge in [0.1, 0.15) is 14.8 Å². The summed E-state index contributed by atoms with van der Waals surface area (Å²) in [6, 6.07) is 3.23. The monoisotopic (exact) mass is 288 g/mol. The number of pyridine rings is 1. The standard InChI is InChI=1S/C11H16N2O3S2/c1-2-18(15,16)8-4-7-13-6-3-5-9(10(12)17)11(13)14/h3,5-6H,2,4,7-8H2,1H3,(H2,12,17). The van der Waals surface area contributed by atoms with Crippen LogP contribution >= 0.6 is 12.2 Å². The van der Waals surface area contributed by atoms with Crippen LogP contribution < -0.4 is 11.3 Å². The summed E-state index contributed by atoms with van der Waals surface area (Å²) in [6.45, 7) is 1.95. The van der Waals surface area contributed by atoms with E-state index in [1.165, 1.54) is 4.57 Å². The molecular formula is C11H16N2O3S2. The Labute approximate surface area is 112 Å². The minimum Gasteiger partial charge on any atom is -0.389 e. The normalized spacial score (nSPS) is 11.4. The van der Waals surface area contributed by atoms with Crippen molar-refractivity contribution in [2.75, 3.05) is 11.5 Å². The summed E-state index contributed by atoms with van der Waals surface area (Å²) >= 11 is 4.77. The number of nitrogens with two attached hydrogens (primary N) is 1. The van der Waals surface area contributed by atoms with Crippen LogP contribution in [0.25, 0.3) is 0 Å². The minimum atomic E-state index is -2.99. The summed E-state index contributed by atoms with van der Waals surface area (Å²) in [7, 11) is -2.99.